The molecule has 0 aliphatic carbocycles. The SMILES string of the molecule is Nc1ccc2cccc(=O)n2c1O. The Balaban J connectivity index is 3.06. The van der Waals surface area contributed by atoms with Gasteiger partial charge in [0.1, 0.15) is 0 Å². The van der Waals surface area contributed by atoms with Gasteiger partial charge in [-0.15, -0.1) is 0 Å². The molecule has 0 unspecified atom stereocenters. The molecule has 2 aromatic heterocycles. The molecule has 4 heteroatoms. The summed E-state index contributed by atoms with van der Waals surface area (Å²) < 4.78 is 1.16. The highest BCUT2D eigenvalue weighted by molar-refractivity contribution is 5.58. The molecule has 2 heterocycles. The minimum Gasteiger partial charge on any atom is -0.493 e. The number of nitrogens with zero attached hydrogens (tertiary/aromatic N) is 1. The van der Waals surface area contributed by atoms with E-state index in [1.165, 1.54) is 6.07 Å². The van der Waals surface area contributed by atoms with Gasteiger partial charge in [-0.1, -0.05) is 6.07 Å². The zero-order chi connectivity index (χ0) is 9.42. The second kappa shape index (κ2) is 2.52. The summed E-state index contributed by atoms with van der Waals surface area (Å²) in [4.78, 5) is 11.3. The fourth-order valence-corrected chi connectivity index (χ4v) is 1.24. The molecule has 0 atom stereocenters. The van der Waals surface area contributed by atoms with Crippen LogP contribution < -0.4 is 11.3 Å². The first-order valence-electron chi connectivity index (χ1n) is 3.79. The Hall–Kier alpha value is -1.97. The Kier molecular flexibility index (Phi) is 1.48. The van der Waals surface area contributed by atoms with Gasteiger partial charge < -0.3 is 10.8 Å². The van der Waals surface area contributed by atoms with E-state index in [0.717, 1.165) is 4.40 Å². The van der Waals surface area contributed by atoms with Crippen LogP contribution in [-0.4, -0.2) is 9.51 Å². The van der Waals surface area contributed by atoms with Crippen LogP contribution in [0.1, 0.15) is 0 Å². The molecule has 0 aliphatic rings. The molecule has 0 aliphatic heterocycles. The smallest absolute Gasteiger partial charge is 0.257 e. The van der Waals surface area contributed by atoms with Crippen molar-refractivity contribution in [2.45, 2.75) is 0 Å². The number of anilines is 1. The number of pyridine rings is 2. The Labute approximate surface area is 73.9 Å². The summed E-state index contributed by atoms with van der Waals surface area (Å²) in [6.07, 6.45) is 0. The van der Waals surface area contributed by atoms with E-state index in [0.29, 0.717) is 5.52 Å². The van der Waals surface area contributed by atoms with Gasteiger partial charge in [-0.2, -0.15) is 0 Å². The molecule has 4 nitrogen and oxygen atoms in total. The lowest BCUT2D eigenvalue weighted by Gasteiger charge is -2.04. The second-order valence-corrected chi connectivity index (χ2v) is 2.74. The number of nitrogen functional groups attached to an aromatic ring is 1. The average molecular weight is 176 g/mol. The number of aromatic hydroxyl groups is 1. The fourth-order valence-electron chi connectivity index (χ4n) is 1.24. The third-order valence-electron chi connectivity index (χ3n) is 1.89. The molecule has 0 spiro atoms. The van der Waals surface area contributed by atoms with E-state index in [9.17, 15) is 9.90 Å². The highest BCUT2D eigenvalue weighted by Crippen LogP contribution is 2.18. The quantitative estimate of drug-likeness (QED) is 0.617. The van der Waals surface area contributed by atoms with Gasteiger partial charge in [0.05, 0.1) is 11.2 Å². The molecule has 0 fully saturated rings. The van der Waals surface area contributed by atoms with Crippen molar-refractivity contribution in [3.05, 3.63) is 40.7 Å². The van der Waals surface area contributed by atoms with Crippen molar-refractivity contribution >= 4 is 11.2 Å². The lowest BCUT2D eigenvalue weighted by molar-refractivity contribution is 0.446. The molecule has 0 amide bonds. The number of hydrogen-bond donors (Lipinski definition) is 2. The molecule has 2 rings (SSSR count). The summed E-state index contributed by atoms with van der Waals surface area (Å²) in [7, 11) is 0. The van der Waals surface area contributed by atoms with Gasteiger partial charge in [0.2, 0.25) is 5.88 Å². The van der Waals surface area contributed by atoms with Gasteiger partial charge in [0.25, 0.3) is 5.56 Å². The Morgan fingerprint density at radius 3 is 2.77 bits per heavy atom. The van der Waals surface area contributed by atoms with Crippen molar-refractivity contribution in [3.8, 4) is 5.88 Å². The van der Waals surface area contributed by atoms with E-state index in [1.54, 1.807) is 24.3 Å². The molecular formula is C9H8N2O2. The van der Waals surface area contributed by atoms with E-state index in [2.05, 4.69) is 0 Å². The van der Waals surface area contributed by atoms with Crippen molar-refractivity contribution in [2.24, 2.45) is 0 Å². The zero-order valence-electron chi connectivity index (χ0n) is 6.77. The van der Waals surface area contributed by atoms with E-state index in [1.807, 2.05) is 0 Å². The van der Waals surface area contributed by atoms with Crippen LogP contribution in [0.25, 0.3) is 5.52 Å². The molecule has 0 saturated carbocycles. The van der Waals surface area contributed by atoms with Crippen molar-refractivity contribution in [3.63, 3.8) is 0 Å². The first-order valence-corrected chi connectivity index (χ1v) is 3.79. The maximum atomic E-state index is 11.3. The van der Waals surface area contributed by atoms with Crippen molar-refractivity contribution < 1.29 is 5.11 Å². The molecule has 2 aromatic rings. The molecule has 0 bridgehead atoms. The highest BCUT2D eigenvalue weighted by atomic mass is 16.3. The van der Waals surface area contributed by atoms with Crippen LogP contribution in [0.3, 0.4) is 0 Å². The molecular weight excluding hydrogens is 168 g/mol. The Bertz CT molecular complexity index is 516. The maximum absolute atomic E-state index is 11.3. The average Bonchev–Trinajstić information content (AvgIpc) is 2.12. The fraction of sp³-hybridized carbons (Fsp3) is 0. The van der Waals surface area contributed by atoms with E-state index in [-0.39, 0.29) is 17.1 Å². The van der Waals surface area contributed by atoms with Gasteiger partial charge >= 0.3 is 0 Å². The molecule has 0 saturated heterocycles. The number of rotatable bonds is 0. The second-order valence-electron chi connectivity index (χ2n) is 2.74. The summed E-state index contributed by atoms with van der Waals surface area (Å²) in [6.45, 7) is 0. The summed E-state index contributed by atoms with van der Waals surface area (Å²) in [5.74, 6) is -0.205. The maximum Gasteiger partial charge on any atom is 0.257 e. The van der Waals surface area contributed by atoms with Crippen molar-refractivity contribution in [2.75, 3.05) is 5.73 Å². The summed E-state index contributed by atoms with van der Waals surface area (Å²) in [5.41, 5.74) is 5.97. The molecule has 0 radical (unpaired) electrons. The van der Waals surface area contributed by atoms with Crippen molar-refractivity contribution in [1.29, 1.82) is 0 Å². The largest absolute Gasteiger partial charge is 0.493 e. The molecule has 66 valence electrons. The topological polar surface area (TPSA) is 67.7 Å². The standard InChI is InChI=1S/C9H8N2O2/c10-7-5-4-6-2-1-3-8(12)11(6)9(7)13/h1-5,13H,10H2. The van der Waals surface area contributed by atoms with Crippen LogP contribution in [0, 0.1) is 0 Å². The Morgan fingerprint density at radius 1 is 1.23 bits per heavy atom. The van der Waals surface area contributed by atoms with Crippen LogP contribution in [0.15, 0.2) is 35.1 Å². The molecule has 0 aromatic carbocycles. The predicted octanol–water partition coefficient (Wildman–Crippen LogP) is 0.587. The minimum absolute atomic E-state index is 0.195. The van der Waals surface area contributed by atoms with E-state index < -0.39 is 0 Å². The van der Waals surface area contributed by atoms with Crippen LogP contribution in [0.5, 0.6) is 5.88 Å². The van der Waals surface area contributed by atoms with Crippen LogP contribution in [-0.2, 0) is 0 Å². The zero-order valence-corrected chi connectivity index (χ0v) is 6.77. The minimum atomic E-state index is -0.290. The number of fused-ring (bicyclic) bond motifs is 1. The number of hydrogen-bond acceptors (Lipinski definition) is 3. The Morgan fingerprint density at radius 2 is 2.00 bits per heavy atom. The van der Waals surface area contributed by atoms with E-state index >= 15 is 0 Å². The van der Waals surface area contributed by atoms with Crippen LogP contribution in [0.4, 0.5) is 5.69 Å². The van der Waals surface area contributed by atoms with E-state index in [4.69, 9.17) is 5.73 Å². The van der Waals surface area contributed by atoms with Gasteiger partial charge in [-0.05, 0) is 18.2 Å². The number of nitrogens with two attached hydrogens (primary N) is 1. The summed E-state index contributed by atoms with van der Waals surface area (Å²) in [6, 6.07) is 7.96. The lowest BCUT2D eigenvalue weighted by atomic mass is 10.3. The number of aromatic nitrogens is 1. The summed E-state index contributed by atoms with van der Waals surface area (Å²) in [5, 5.41) is 9.48. The molecule has 13 heavy (non-hydrogen) atoms. The molecule has 3 N–H and O–H groups in total. The van der Waals surface area contributed by atoms with Crippen LogP contribution in [0.2, 0.25) is 0 Å². The van der Waals surface area contributed by atoms with Crippen molar-refractivity contribution in [1.82, 2.24) is 4.40 Å². The van der Waals surface area contributed by atoms with Crippen LogP contribution >= 0.6 is 0 Å². The third kappa shape index (κ3) is 1.03. The van der Waals surface area contributed by atoms with Gasteiger partial charge in [0, 0.05) is 6.07 Å². The first kappa shape index (κ1) is 7.67. The van der Waals surface area contributed by atoms with Gasteiger partial charge in [0.15, 0.2) is 0 Å². The highest BCUT2D eigenvalue weighted by Gasteiger charge is 2.03. The monoisotopic (exact) mass is 176 g/mol. The van der Waals surface area contributed by atoms with Gasteiger partial charge in [-0.3, -0.25) is 4.79 Å². The first-order chi connectivity index (χ1) is 6.20. The van der Waals surface area contributed by atoms with Gasteiger partial charge in [-0.25, -0.2) is 4.40 Å². The lowest BCUT2D eigenvalue weighted by Crippen LogP contribution is -2.12. The summed E-state index contributed by atoms with van der Waals surface area (Å²) >= 11 is 0. The predicted molar refractivity (Wildman–Crippen MR) is 49.7 cm³/mol. The third-order valence-corrected chi connectivity index (χ3v) is 1.89. The normalized spacial score (nSPS) is 10.5.